The van der Waals surface area contributed by atoms with Crippen LogP contribution in [0.2, 0.25) is 0 Å². The summed E-state index contributed by atoms with van der Waals surface area (Å²) in [4.78, 5) is 7.07. The fourth-order valence-corrected chi connectivity index (χ4v) is 6.30. The van der Waals surface area contributed by atoms with Crippen LogP contribution in [0.1, 0.15) is 42.0 Å². The summed E-state index contributed by atoms with van der Waals surface area (Å²) in [5.41, 5.74) is 1.91. The number of fused-ring (bicyclic) bond motifs is 1. The molecule has 1 aliphatic carbocycles. The molecule has 0 radical (unpaired) electrons. The number of hydrogen-bond acceptors (Lipinski definition) is 4. The maximum Gasteiger partial charge on any atom is 0.191 e. The molecule has 134 valence electrons. The highest BCUT2D eigenvalue weighted by Crippen LogP contribution is 2.38. The molecular weight excluding hydrogens is 342 g/mol. The van der Waals surface area contributed by atoms with E-state index in [2.05, 4.69) is 35.5 Å². The zero-order chi connectivity index (χ0) is 17.4. The van der Waals surface area contributed by atoms with Gasteiger partial charge in [0.15, 0.2) is 15.8 Å². The normalized spacial score (nSPS) is 25.3. The molecule has 1 atom stereocenters. The van der Waals surface area contributed by atoms with Gasteiger partial charge in [0.05, 0.1) is 18.1 Å². The Morgan fingerprint density at radius 1 is 1.46 bits per heavy atom. The molecule has 5 nitrogen and oxygen atoms in total. The van der Waals surface area contributed by atoms with Crippen LogP contribution in [0.5, 0.6) is 0 Å². The first kappa shape index (κ1) is 17.7. The van der Waals surface area contributed by atoms with E-state index < -0.39 is 9.84 Å². The van der Waals surface area contributed by atoms with Crippen molar-refractivity contribution in [1.82, 2.24) is 10.6 Å². The van der Waals surface area contributed by atoms with Crippen molar-refractivity contribution in [3.05, 3.63) is 21.4 Å². The Morgan fingerprint density at radius 3 is 2.92 bits per heavy atom. The standard InChI is InChI=1S/C17H27N3O2S2/c1-17(2)6-4-15-12(9-17)8-14(23-15)10-19-16(18-3)20-13-5-7-24(21,22)11-13/h8,13H,4-7,9-11H2,1-3H3,(H2,18,19,20). The molecule has 1 aliphatic heterocycles. The van der Waals surface area contributed by atoms with E-state index in [4.69, 9.17) is 0 Å². The molecule has 2 aliphatic rings. The number of guanidine groups is 1. The minimum absolute atomic E-state index is 0.0291. The second-order valence-electron chi connectivity index (χ2n) is 7.67. The van der Waals surface area contributed by atoms with Gasteiger partial charge >= 0.3 is 0 Å². The van der Waals surface area contributed by atoms with Gasteiger partial charge in [0, 0.05) is 22.8 Å². The highest BCUT2D eigenvalue weighted by molar-refractivity contribution is 7.91. The monoisotopic (exact) mass is 369 g/mol. The topological polar surface area (TPSA) is 70.6 Å². The van der Waals surface area contributed by atoms with Gasteiger partial charge < -0.3 is 10.6 Å². The molecule has 2 N–H and O–H groups in total. The summed E-state index contributed by atoms with van der Waals surface area (Å²) in [5.74, 6) is 1.16. The predicted molar refractivity (Wildman–Crippen MR) is 101 cm³/mol. The van der Waals surface area contributed by atoms with Gasteiger partial charge in [-0.1, -0.05) is 13.8 Å². The number of thiophene rings is 1. The average Bonchev–Trinajstić information content (AvgIpc) is 3.04. The number of aliphatic imine (C=N–C) groups is 1. The van der Waals surface area contributed by atoms with Crippen LogP contribution in [0.25, 0.3) is 0 Å². The second kappa shape index (κ2) is 6.67. The first-order chi connectivity index (χ1) is 11.3. The molecule has 1 unspecified atom stereocenters. The largest absolute Gasteiger partial charge is 0.353 e. The van der Waals surface area contributed by atoms with E-state index in [1.165, 1.54) is 28.2 Å². The van der Waals surface area contributed by atoms with Crippen LogP contribution in [0.15, 0.2) is 11.1 Å². The van der Waals surface area contributed by atoms with E-state index in [0.29, 0.717) is 17.8 Å². The van der Waals surface area contributed by atoms with Crippen molar-refractivity contribution in [1.29, 1.82) is 0 Å². The molecule has 7 heteroatoms. The fraction of sp³-hybridized carbons (Fsp3) is 0.706. The molecule has 0 aromatic carbocycles. The van der Waals surface area contributed by atoms with E-state index >= 15 is 0 Å². The molecule has 0 spiro atoms. The molecule has 1 saturated heterocycles. The Balaban J connectivity index is 1.56. The Labute approximate surface area is 148 Å². The van der Waals surface area contributed by atoms with Crippen molar-refractivity contribution in [2.75, 3.05) is 18.6 Å². The molecule has 2 heterocycles. The molecule has 0 bridgehead atoms. The third-order valence-electron chi connectivity index (χ3n) is 4.87. The van der Waals surface area contributed by atoms with E-state index in [9.17, 15) is 8.42 Å². The fourth-order valence-electron chi connectivity index (χ4n) is 3.50. The lowest BCUT2D eigenvalue weighted by Crippen LogP contribution is -2.43. The Bertz CT molecular complexity index is 735. The van der Waals surface area contributed by atoms with Gasteiger partial charge in [-0.3, -0.25) is 4.99 Å². The molecule has 24 heavy (non-hydrogen) atoms. The third kappa shape index (κ3) is 4.30. The van der Waals surface area contributed by atoms with Crippen molar-refractivity contribution in [3.63, 3.8) is 0 Å². The van der Waals surface area contributed by atoms with Crippen LogP contribution in [0.4, 0.5) is 0 Å². The van der Waals surface area contributed by atoms with Gasteiger partial charge in [-0.2, -0.15) is 0 Å². The Hall–Kier alpha value is -1.08. The number of nitrogens with one attached hydrogen (secondary N) is 2. The van der Waals surface area contributed by atoms with Crippen molar-refractivity contribution >= 4 is 27.1 Å². The number of hydrogen-bond donors (Lipinski definition) is 2. The number of aryl methyl sites for hydroxylation is 1. The minimum atomic E-state index is -2.87. The summed E-state index contributed by atoms with van der Waals surface area (Å²) >= 11 is 1.89. The maximum atomic E-state index is 11.6. The second-order valence-corrected chi connectivity index (χ2v) is 11.1. The van der Waals surface area contributed by atoms with Gasteiger partial charge in [-0.25, -0.2) is 8.42 Å². The summed E-state index contributed by atoms with van der Waals surface area (Å²) in [7, 11) is -1.15. The van der Waals surface area contributed by atoms with Crippen LogP contribution in [0, 0.1) is 5.41 Å². The first-order valence-corrected chi connectivity index (χ1v) is 11.2. The Morgan fingerprint density at radius 2 is 2.25 bits per heavy atom. The smallest absolute Gasteiger partial charge is 0.191 e. The number of sulfone groups is 1. The van der Waals surface area contributed by atoms with Crippen molar-refractivity contribution < 1.29 is 8.42 Å². The zero-order valence-corrected chi connectivity index (χ0v) is 16.3. The number of rotatable bonds is 3. The summed E-state index contributed by atoms with van der Waals surface area (Å²) < 4.78 is 23.1. The van der Waals surface area contributed by atoms with Gasteiger partial charge in [0.25, 0.3) is 0 Å². The van der Waals surface area contributed by atoms with E-state index in [1.54, 1.807) is 7.05 Å². The maximum absolute atomic E-state index is 11.6. The van der Waals surface area contributed by atoms with Gasteiger partial charge in [-0.05, 0) is 42.7 Å². The highest BCUT2D eigenvalue weighted by atomic mass is 32.2. The molecule has 1 fully saturated rings. The quantitative estimate of drug-likeness (QED) is 0.632. The van der Waals surface area contributed by atoms with Crippen molar-refractivity contribution in [2.24, 2.45) is 10.4 Å². The van der Waals surface area contributed by atoms with E-state index in [-0.39, 0.29) is 17.5 Å². The lowest BCUT2D eigenvalue weighted by Gasteiger charge is -2.29. The van der Waals surface area contributed by atoms with Crippen LogP contribution in [0.3, 0.4) is 0 Å². The summed E-state index contributed by atoms with van der Waals surface area (Å²) in [6.07, 6.45) is 4.25. The highest BCUT2D eigenvalue weighted by Gasteiger charge is 2.29. The summed E-state index contributed by atoms with van der Waals surface area (Å²) in [6.45, 7) is 5.41. The van der Waals surface area contributed by atoms with Gasteiger partial charge in [0.2, 0.25) is 0 Å². The van der Waals surface area contributed by atoms with Crippen LogP contribution < -0.4 is 10.6 Å². The lowest BCUT2D eigenvalue weighted by atomic mass is 9.77. The first-order valence-electron chi connectivity index (χ1n) is 8.54. The molecule has 1 aromatic rings. The predicted octanol–water partition coefficient (Wildman–Crippen LogP) is 2.12. The molecular formula is C17H27N3O2S2. The molecule has 3 rings (SSSR count). The molecule has 1 aromatic heterocycles. The van der Waals surface area contributed by atoms with Crippen LogP contribution in [-0.4, -0.2) is 39.0 Å². The van der Waals surface area contributed by atoms with Gasteiger partial charge in [0.1, 0.15) is 0 Å². The molecule has 0 saturated carbocycles. The third-order valence-corrected chi connectivity index (χ3v) is 7.88. The average molecular weight is 370 g/mol. The SMILES string of the molecule is CN=C(NCc1cc2c(s1)CCC(C)(C)C2)NC1CCS(=O)(=O)C1. The Kier molecular flexibility index (Phi) is 4.93. The van der Waals surface area contributed by atoms with E-state index in [0.717, 1.165) is 13.0 Å². The van der Waals surface area contributed by atoms with Crippen LogP contribution >= 0.6 is 11.3 Å². The van der Waals surface area contributed by atoms with Crippen molar-refractivity contribution in [2.45, 2.75) is 52.1 Å². The zero-order valence-electron chi connectivity index (χ0n) is 14.7. The van der Waals surface area contributed by atoms with Gasteiger partial charge in [-0.15, -0.1) is 11.3 Å². The summed E-state index contributed by atoms with van der Waals surface area (Å²) in [5, 5.41) is 6.55. The van der Waals surface area contributed by atoms with E-state index in [1.807, 2.05) is 11.3 Å². The number of nitrogens with zero attached hydrogens (tertiary/aromatic N) is 1. The molecule has 0 amide bonds. The summed E-state index contributed by atoms with van der Waals surface area (Å²) in [6, 6.07) is 2.29. The van der Waals surface area contributed by atoms with Crippen molar-refractivity contribution in [3.8, 4) is 0 Å². The minimum Gasteiger partial charge on any atom is -0.353 e. The lowest BCUT2D eigenvalue weighted by molar-refractivity contribution is 0.318. The van der Waals surface area contributed by atoms with Crippen LogP contribution in [-0.2, 0) is 29.2 Å².